The van der Waals surface area contributed by atoms with Crippen molar-refractivity contribution in [2.45, 2.75) is 33.0 Å². The van der Waals surface area contributed by atoms with Gasteiger partial charge in [-0.3, -0.25) is 0 Å². The van der Waals surface area contributed by atoms with E-state index >= 15 is 0 Å². The van der Waals surface area contributed by atoms with Crippen LogP contribution in [-0.2, 0) is 13.1 Å². The first-order chi connectivity index (χ1) is 22.6. The molecule has 0 atom stereocenters. The van der Waals surface area contributed by atoms with E-state index in [-0.39, 0.29) is 0 Å². The molecule has 0 aliphatic rings. The van der Waals surface area contributed by atoms with Crippen LogP contribution in [-0.4, -0.2) is 18.2 Å². The van der Waals surface area contributed by atoms with Crippen LogP contribution in [0, 0.1) is 0 Å². The first-order valence-electron chi connectivity index (χ1n) is 16.3. The molecule has 0 amide bonds. The summed E-state index contributed by atoms with van der Waals surface area (Å²) < 4.78 is 0. The summed E-state index contributed by atoms with van der Waals surface area (Å²) in [5.74, 6) is 0. The Morgan fingerprint density at radius 2 is 0.783 bits per heavy atom. The molecular formula is C43H42N2O. The van der Waals surface area contributed by atoms with Crippen LogP contribution in [0.15, 0.2) is 158 Å². The fraction of sp³-hybridized carbons (Fsp3) is 0.163. The minimum absolute atomic E-state index is 0.705. The third-order valence-corrected chi connectivity index (χ3v) is 8.76. The lowest BCUT2D eigenvalue weighted by Crippen LogP contribution is -2.22. The van der Waals surface area contributed by atoms with Gasteiger partial charge in [0.1, 0.15) is 6.10 Å². The molecule has 6 rings (SSSR count). The van der Waals surface area contributed by atoms with Crippen LogP contribution in [0.4, 0.5) is 11.4 Å². The van der Waals surface area contributed by atoms with Gasteiger partial charge in [0, 0.05) is 48.7 Å². The van der Waals surface area contributed by atoms with Crippen molar-refractivity contribution in [3.8, 4) is 22.3 Å². The molecule has 0 bridgehead atoms. The molecule has 230 valence electrons. The van der Waals surface area contributed by atoms with Gasteiger partial charge in [0.15, 0.2) is 0 Å². The number of aliphatic hydroxyl groups excluding tert-OH is 1. The van der Waals surface area contributed by atoms with Gasteiger partial charge < -0.3 is 14.9 Å². The molecule has 0 spiro atoms. The number of hydrogen-bond acceptors (Lipinski definition) is 3. The van der Waals surface area contributed by atoms with Gasteiger partial charge in [0.25, 0.3) is 0 Å². The lowest BCUT2D eigenvalue weighted by Gasteiger charge is -2.26. The predicted octanol–water partition coefficient (Wildman–Crippen LogP) is 10.2. The van der Waals surface area contributed by atoms with Gasteiger partial charge in [-0.2, -0.15) is 0 Å². The smallest absolute Gasteiger partial charge is 0.104 e. The van der Waals surface area contributed by atoms with Crippen molar-refractivity contribution >= 4 is 11.4 Å². The van der Waals surface area contributed by atoms with E-state index < -0.39 is 6.10 Å². The molecule has 0 saturated carbocycles. The van der Waals surface area contributed by atoms with Crippen LogP contribution < -0.4 is 9.80 Å². The Morgan fingerprint density at radius 3 is 1.15 bits per heavy atom. The molecule has 0 unspecified atom stereocenters. The molecule has 0 aliphatic heterocycles. The zero-order valence-electron chi connectivity index (χ0n) is 26.8. The highest BCUT2D eigenvalue weighted by Gasteiger charge is 2.16. The van der Waals surface area contributed by atoms with E-state index in [1.54, 1.807) is 0 Å². The standard InChI is InChI=1S/C43H42N2O/c1-3-44(31-33-15-7-5-8-16-33)41-21-13-11-19-39(41)35-23-27-37(28-24-35)43(46)38-29-25-36(26-30-38)40-20-12-14-22-42(40)45(4-2)32-34-17-9-6-10-18-34/h5-30,43,46H,3-4,31-32H2,1-2H3. The number of aliphatic hydroxyl groups is 1. The minimum Gasteiger partial charge on any atom is -0.384 e. The van der Waals surface area contributed by atoms with E-state index in [2.05, 4.69) is 181 Å². The lowest BCUT2D eigenvalue weighted by molar-refractivity contribution is 0.220. The van der Waals surface area contributed by atoms with Crippen LogP contribution in [0.25, 0.3) is 22.3 Å². The summed E-state index contributed by atoms with van der Waals surface area (Å²) in [7, 11) is 0. The average Bonchev–Trinajstić information content (AvgIpc) is 3.13. The molecule has 0 saturated heterocycles. The first-order valence-corrected chi connectivity index (χ1v) is 16.3. The Kier molecular flexibility index (Phi) is 9.92. The van der Waals surface area contributed by atoms with E-state index in [9.17, 15) is 5.11 Å². The van der Waals surface area contributed by atoms with Crippen LogP contribution in [0.1, 0.15) is 42.2 Å². The summed E-state index contributed by atoms with van der Waals surface area (Å²) in [4.78, 5) is 4.82. The van der Waals surface area contributed by atoms with Gasteiger partial charge in [-0.15, -0.1) is 0 Å². The van der Waals surface area contributed by atoms with Crippen molar-refractivity contribution in [3.05, 3.63) is 180 Å². The second-order valence-electron chi connectivity index (χ2n) is 11.7. The number of nitrogens with zero attached hydrogens (tertiary/aromatic N) is 2. The molecule has 0 radical (unpaired) electrons. The van der Waals surface area contributed by atoms with E-state index in [1.807, 2.05) is 0 Å². The molecule has 6 aromatic carbocycles. The van der Waals surface area contributed by atoms with Crippen LogP contribution in [0.3, 0.4) is 0 Å². The van der Waals surface area contributed by atoms with E-state index in [4.69, 9.17) is 0 Å². The predicted molar refractivity (Wildman–Crippen MR) is 194 cm³/mol. The number of rotatable bonds is 12. The number of hydrogen-bond donors (Lipinski definition) is 1. The van der Waals surface area contributed by atoms with Gasteiger partial charge in [-0.25, -0.2) is 0 Å². The topological polar surface area (TPSA) is 26.7 Å². The third-order valence-electron chi connectivity index (χ3n) is 8.76. The second-order valence-corrected chi connectivity index (χ2v) is 11.7. The summed E-state index contributed by atoms with van der Waals surface area (Å²) >= 11 is 0. The van der Waals surface area contributed by atoms with Crippen molar-refractivity contribution in [3.63, 3.8) is 0 Å². The second kappa shape index (κ2) is 14.8. The van der Waals surface area contributed by atoms with Gasteiger partial charge in [0.2, 0.25) is 0 Å². The zero-order valence-corrected chi connectivity index (χ0v) is 26.8. The molecule has 0 fully saturated rings. The summed E-state index contributed by atoms with van der Waals surface area (Å²) in [5.41, 5.74) is 11.4. The summed E-state index contributed by atoms with van der Waals surface area (Å²) in [6.45, 7) is 7.94. The maximum absolute atomic E-state index is 11.4. The molecule has 3 heteroatoms. The fourth-order valence-corrected chi connectivity index (χ4v) is 6.21. The molecule has 6 aromatic rings. The molecular weight excluding hydrogens is 560 g/mol. The Bertz CT molecular complexity index is 1680. The number of para-hydroxylation sites is 2. The molecule has 46 heavy (non-hydrogen) atoms. The maximum atomic E-state index is 11.4. The Morgan fingerprint density at radius 1 is 0.435 bits per heavy atom. The van der Waals surface area contributed by atoms with Crippen molar-refractivity contribution in [2.75, 3.05) is 22.9 Å². The number of benzene rings is 6. The molecule has 0 aromatic heterocycles. The highest BCUT2D eigenvalue weighted by molar-refractivity contribution is 5.80. The fourth-order valence-electron chi connectivity index (χ4n) is 6.21. The Balaban J connectivity index is 1.20. The Hall–Kier alpha value is -5.12. The largest absolute Gasteiger partial charge is 0.384 e. The molecule has 0 aliphatic carbocycles. The highest BCUT2D eigenvalue weighted by atomic mass is 16.3. The maximum Gasteiger partial charge on any atom is 0.104 e. The number of anilines is 2. The third kappa shape index (κ3) is 7.06. The Labute approximate surface area is 274 Å². The zero-order chi connectivity index (χ0) is 31.7. The van der Waals surface area contributed by atoms with Crippen LogP contribution in [0.2, 0.25) is 0 Å². The summed E-state index contributed by atoms with van der Waals surface area (Å²) in [6, 6.07) is 55.1. The van der Waals surface area contributed by atoms with Gasteiger partial charge in [-0.05, 0) is 59.4 Å². The van der Waals surface area contributed by atoms with E-state index in [0.29, 0.717) is 0 Å². The molecule has 1 N–H and O–H groups in total. The lowest BCUT2D eigenvalue weighted by atomic mass is 9.95. The normalized spacial score (nSPS) is 11.0. The van der Waals surface area contributed by atoms with Gasteiger partial charge in [0.05, 0.1) is 0 Å². The molecule has 0 heterocycles. The highest BCUT2D eigenvalue weighted by Crippen LogP contribution is 2.35. The van der Waals surface area contributed by atoms with Gasteiger partial charge in [-0.1, -0.05) is 146 Å². The average molecular weight is 603 g/mol. The quantitative estimate of drug-likeness (QED) is 0.151. The van der Waals surface area contributed by atoms with Crippen molar-refractivity contribution in [2.24, 2.45) is 0 Å². The SMILES string of the molecule is CCN(Cc1ccccc1)c1ccccc1-c1ccc(C(O)c2ccc(-c3ccccc3N(CC)Cc3ccccc3)cc2)cc1. The molecule has 3 nitrogen and oxygen atoms in total. The van der Waals surface area contributed by atoms with Crippen molar-refractivity contribution in [1.82, 2.24) is 0 Å². The summed E-state index contributed by atoms with van der Waals surface area (Å²) in [5, 5.41) is 11.4. The minimum atomic E-state index is -0.705. The monoisotopic (exact) mass is 602 g/mol. The van der Waals surface area contributed by atoms with Crippen molar-refractivity contribution < 1.29 is 5.11 Å². The van der Waals surface area contributed by atoms with E-state index in [0.717, 1.165) is 48.4 Å². The van der Waals surface area contributed by atoms with Gasteiger partial charge >= 0.3 is 0 Å². The van der Waals surface area contributed by atoms with E-state index in [1.165, 1.54) is 33.6 Å². The summed E-state index contributed by atoms with van der Waals surface area (Å²) in [6.07, 6.45) is -0.705. The van der Waals surface area contributed by atoms with Crippen molar-refractivity contribution in [1.29, 1.82) is 0 Å². The van der Waals surface area contributed by atoms with Crippen LogP contribution >= 0.6 is 0 Å². The van der Waals surface area contributed by atoms with Crippen LogP contribution in [0.5, 0.6) is 0 Å². The first kappa shape index (κ1) is 30.9.